The van der Waals surface area contributed by atoms with E-state index in [-0.39, 0.29) is 66.1 Å². The number of nitrogens with one attached hydrogen (secondary N) is 1. The van der Waals surface area contributed by atoms with Crippen LogP contribution >= 0.6 is 22.9 Å². The summed E-state index contributed by atoms with van der Waals surface area (Å²) in [6, 6.07) is 11.1. The van der Waals surface area contributed by atoms with E-state index in [9.17, 15) is 33.0 Å². The minimum atomic E-state index is -4.12. The van der Waals surface area contributed by atoms with Gasteiger partial charge in [-0.3, -0.25) is 9.59 Å². The van der Waals surface area contributed by atoms with Crippen molar-refractivity contribution in [1.82, 2.24) is 24.4 Å². The lowest BCUT2D eigenvalue weighted by Gasteiger charge is -2.34. The van der Waals surface area contributed by atoms with Gasteiger partial charge in [-0.05, 0) is 48.9 Å². The van der Waals surface area contributed by atoms with Crippen LogP contribution in [0.1, 0.15) is 56.8 Å². The van der Waals surface area contributed by atoms with Crippen LogP contribution in [0.2, 0.25) is 5.02 Å². The van der Waals surface area contributed by atoms with Crippen molar-refractivity contribution in [3.8, 4) is 0 Å². The Morgan fingerprint density at radius 2 is 1.76 bits per heavy atom. The lowest BCUT2D eigenvalue weighted by molar-refractivity contribution is -0.138. The highest BCUT2D eigenvalue weighted by molar-refractivity contribution is 7.89. The molecule has 1 unspecified atom stereocenters. The maximum absolute atomic E-state index is 14.1. The SMILES string of the molecule is CC(C)CN(C[C@@H](O)[C@H](Cc1ccccc1)NC(=O)[C@H](C(C)C)N1CCN(Cc2csc(C(C)C(=O)O)n2)C1=O)S(=O)(=O)c1ccc(Cl)c(N)c1. The van der Waals surface area contributed by atoms with E-state index in [1.54, 1.807) is 17.2 Å². The fourth-order valence-electron chi connectivity index (χ4n) is 5.97. The van der Waals surface area contributed by atoms with Gasteiger partial charge >= 0.3 is 12.0 Å². The van der Waals surface area contributed by atoms with E-state index >= 15 is 0 Å². The third-order valence-electron chi connectivity index (χ3n) is 8.68. The summed E-state index contributed by atoms with van der Waals surface area (Å²) in [7, 11) is -4.12. The van der Waals surface area contributed by atoms with Crippen LogP contribution in [0.25, 0.3) is 0 Å². The van der Waals surface area contributed by atoms with Crippen molar-refractivity contribution < 1.29 is 33.0 Å². The lowest BCUT2D eigenvalue weighted by Crippen LogP contribution is -2.57. The number of benzene rings is 2. The molecule has 3 aromatic rings. The molecule has 0 aliphatic carbocycles. The molecule has 16 heteroatoms. The van der Waals surface area contributed by atoms with Gasteiger partial charge in [0.1, 0.15) is 17.0 Å². The molecule has 5 N–H and O–H groups in total. The molecule has 0 spiro atoms. The first kappa shape index (κ1) is 40.0. The second-order valence-corrected chi connectivity index (χ2v) is 16.8. The normalized spacial score (nSPS) is 16.2. The van der Waals surface area contributed by atoms with Crippen molar-refractivity contribution in [1.29, 1.82) is 0 Å². The van der Waals surface area contributed by atoms with Crippen LogP contribution in [0.3, 0.4) is 0 Å². The van der Waals surface area contributed by atoms with Crippen molar-refractivity contribution in [3.63, 3.8) is 0 Å². The maximum atomic E-state index is 14.1. The molecule has 1 aromatic heterocycles. The Morgan fingerprint density at radius 3 is 2.37 bits per heavy atom. The van der Waals surface area contributed by atoms with Crippen LogP contribution < -0.4 is 11.1 Å². The van der Waals surface area contributed by atoms with Gasteiger partial charge in [0.05, 0.1) is 40.0 Å². The highest BCUT2D eigenvalue weighted by Crippen LogP contribution is 2.27. The monoisotopic (exact) mass is 762 g/mol. The lowest BCUT2D eigenvalue weighted by atomic mass is 9.97. The summed E-state index contributed by atoms with van der Waals surface area (Å²) in [5, 5.41) is 26.4. The molecule has 1 aliphatic rings. The first-order valence-corrected chi connectivity index (χ1v) is 19.5. The van der Waals surface area contributed by atoms with Crippen LogP contribution in [0.15, 0.2) is 58.8 Å². The Morgan fingerprint density at radius 1 is 1.08 bits per heavy atom. The van der Waals surface area contributed by atoms with Crippen LogP contribution in [0, 0.1) is 11.8 Å². The van der Waals surface area contributed by atoms with E-state index in [2.05, 4.69) is 10.3 Å². The van der Waals surface area contributed by atoms with Crippen LogP contribution in [0.5, 0.6) is 0 Å². The molecule has 2 heterocycles. The number of nitrogens with zero attached hydrogens (tertiary/aromatic N) is 4. The molecule has 1 saturated heterocycles. The number of aliphatic carboxylic acids is 1. The van der Waals surface area contributed by atoms with Crippen molar-refractivity contribution in [2.45, 2.75) is 76.6 Å². The third-order valence-corrected chi connectivity index (χ3v) is 11.9. The maximum Gasteiger partial charge on any atom is 0.321 e. The van der Waals surface area contributed by atoms with Gasteiger partial charge in [-0.15, -0.1) is 11.3 Å². The molecule has 278 valence electrons. The number of aliphatic hydroxyl groups is 1. The summed E-state index contributed by atoms with van der Waals surface area (Å²) in [6.07, 6.45) is -1.14. The molecule has 0 saturated carbocycles. The van der Waals surface area contributed by atoms with Gasteiger partial charge in [0.15, 0.2) is 0 Å². The van der Waals surface area contributed by atoms with Gasteiger partial charge < -0.3 is 31.1 Å². The van der Waals surface area contributed by atoms with Crippen molar-refractivity contribution in [2.75, 3.05) is 31.9 Å². The summed E-state index contributed by atoms with van der Waals surface area (Å²) >= 11 is 7.28. The van der Waals surface area contributed by atoms with Gasteiger partial charge in [-0.1, -0.05) is 69.6 Å². The van der Waals surface area contributed by atoms with Gasteiger partial charge in [-0.25, -0.2) is 18.2 Å². The van der Waals surface area contributed by atoms with Crippen molar-refractivity contribution in [3.05, 3.63) is 75.2 Å². The average molecular weight is 763 g/mol. The number of carbonyl (C=O) groups is 3. The average Bonchev–Trinajstić information content (AvgIpc) is 3.68. The number of urea groups is 1. The van der Waals surface area contributed by atoms with Crippen LogP contribution in [-0.4, -0.2) is 100.0 Å². The largest absolute Gasteiger partial charge is 0.481 e. The topological polar surface area (TPSA) is 186 Å². The number of anilines is 1. The number of carboxylic acid groups (broad SMARTS) is 1. The number of carbonyl (C=O) groups excluding carboxylic acids is 2. The first-order chi connectivity index (χ1) is 24.0. The molecule has 13 nitrogen and oxygen atoms in total. The van der Waals surface area contributed by atoms with E-state index in [1.165, 1.54) is 38.7 Å². The van der Waals surface area contributed by atoms with Crippen molar-refractivity contribution >= 4 is 56.6 Å². The highest BCUT2D eigenvalue weighted by atomic mass is 35.5. The second kappa shape index (κ2) is 17.2. The standard InChI is InChI=1S/C35H47ClN6O7S2/c1-21(2)17-41(51(48,49)26-11-12-27(36)28(37)16-26)19-30(43)29(15-24-9-7-6-8-10-24)39-32(44)31(22(3)4)42-14-13-40(35(42)47)18-25-20-50-33(38-25)23(5)34(45)46/h6-12,16,20-23,29-31,43H,13-15,17-19,37H2,1-5H3,(H,39,44)(H,45,46)/t23?,29-,30+,31-/m0/s1. The van der Waals surface area contributed by atoms with E-state index in [0.29, 0.717) is 17.2 Å². The number of halogens is 1. The predicted octanol–water partition coefficient (Wildman–Crippen LogP) is 4.26. The highest BCUT2D eigenvalue weighted by Gasteiger charge is 2.41. The molecule has 0 bridgehead atoms. The van der Waals surface area contributed by atoms with Crippen LogP contribution in [-0.2, 0) is 32.6 Å². The summed E-state index contributed by atoms with van der Waals surface area (Å²) < 4.78 is 28.9. The zero-order valence-electron chi connectivity index (χ0n) is 29.4. The fraction of sp³-hybridized carbons (Fsp3) is 0.486. The number of aliphatic hydroxyl groups excluding tert-OH is 1. The number of nitrogens with two attached hydrogens (primary N) is 1. The Hall–Kier alpha value is -3.76. The van der Waals surface area contributed by atoms with Crippen molar-refractivity contribution in [2.24, 2.45) is 11.8 Å². The molecular formula is C35H47ClN6O7S2. The molecule has 4 rings (SSSR count). The van der Waals surface area contributed by atoms with E-state index in [4.69, 9.17) is 17.3 Å². The minimum absolute atomic E-state index is 0.0665. The smallest absolute Gasteiger partial charge is 0.321 e. The molecule has 4 atom stereocenters. The summed E-state index contributed by atoms with van der Waals surface area (Å²) in [5.74, 6) is -2.63. The van der Waals surface area contributed by atoms with E-state index in [1.807, 2.05) is 58.0 Å². The Bertz CT molecular complexity index is 1790. The Kier molecular flexibility index (Phi) is 13.5. The number of sulfonamides is 1. The van der Waals surface area contributed by atoms with Gasteiger partial charge in [0.2, 0.25) is 15.9 Å². The third kappa shape index (κ3) is 9.98. The summed E-state index contributed by atoms with van der Waals surface area (Å²) in [4.78, 5) is 46.6. The molecule has 1 aliphatic heterocycles. The van der Waals surface area contributed by atoms with Crippen LogP contribution in [0.4, 0.5) is 10.5 Å². The first-order valence-electron chi connectivity index (χ1n) is 16.8. The number of carboxylic acids is 1. The number of thiazole rings is 1. The van der Waals surface area contributed by atoms with Gasteiger partial charge in [0, 0.05) is 31.6 Å². The molecule has 1 fully saturated rings. The Balaban J connectivity index is 1.56. The van der Waals surface area contributed by atoms with Gasteiger partial charge in [-0.2, -0.15) is 4.31 Å². The molecule has 0 radical (unpaired) electrons. The molecular weight excluding hydrogens is 716 g/mol. The molecule has 51 heavy (non-hydrogen) atoms. The zero-order valence-corrected chi connectivity index (χ0v) is 31.8. The molecule has 2 aromatic carbocycles. The number of rotatable bonds is 17. The summed E-state index contributed by atoms with van der Waals surface area (Å²) in [5.41, 5.74) is 7.42. The quantitative estimate of drug-likeness (QED) is 0.146. The van der Waals surface area contributed by atoms with E-state index in [0.717, 1.165) is 5.56 Å². The molecule has 3 amide bonds. The number of aromatic nitrogens is 1. The zero-order chi connectivity index (χ0) is 37.6. The fourth-order valence-corrected chi connectivity index (χ4v) is 8.60. The minimum Gasteiger partial charge on any atom is -0.481 e. The predicted molar refractivity (Wildman–Crippen MR) is 197 cm³/mol. The second-order valence-electron chi connectivity index (χ2n) is 13.6. The Labute approximate surface area is 308 Å². The number of nitrogen functional groups attached to an aromatic ring is 1. The number of hydrogen-bond donors (Lipinski definition) is 4. The summed E-state index contributed by atoms with van der Waals surface area (Å²) in [6.45, 7) is 9.49. The number of hydrogen-bond acceptors (Lipinski definition) is 9. The van der Waals surface area contributed by atoms with Gasteiger partial charge in [0.25, 0.3) is 0 Å². The number of amides is 3. The van der Waals surface area contributed by atoms with E-state index < -0.39 is 46.0 Å².